The van der Waals surface area contributed by atoms with Crippen LogP contribution < -0.4 is 5.32 Å². The van der Waals surface area contributed by atoms with Gasteiger partial charge >= 0.3 is 0 Å². The van der Waals surface area contributed by atoms with Crippen molar-refractivity contribution < 1.29 is 0 Å². The summed E-state index contributed by atoms with van der Waals surface area (Å²) in [5.41, 5.74) is 2.46. The number of halogens is 2. The molecule has 0 aliphatic heterocycles. The first kappa shape index (κ1) is 11.8. The molecule has 0 spiro atoms. The van der Waals surface area contributed by atoms with Crippen molar-refractivity contribution in [3.63, 3.8) is 0 Å². The predicted octanol–water partition coefficient (Wildman–Crippen LogP) is 3.59. The third-order valence-corrected chi connectivity index (χ3v) is 3.38. The van der Waals surface area contributed by atoms with E-state index >= 15 is 0 Å². The van der Waals surface area contributed by atoms with Crippen molar-refractivity contribution in [3.8, 4) is 11.8 Å². The molecule has 0 saturated heterocycles. The van der Waals surface area contributed by atoms with Gasteiger partial charge in [-0.05, 0) is 43.0 Å². The summed E-state index contributed by atoms with van der Waals surface area (Å²) < 4.78 is 0. The Balaban J connectivity index is 2.21. The maximum atomic E-state index is 6.22. The van der Waals surface area contributed by atoms with Gasteiger partial charge in [0.25, 0.3) is 0 Å². The van der Waals surface area contributed by atoms with Gasteiger partial charge in [0, 0.05) is 16.1 Å². The minimum Gasteiger partial charge on any atom is -0.299 e. The third-order valence-electron chi connectivity index (χ3n) is 2.84. The van der Waals surface area contributed by atoms with Gasteiger partial charge in [-0.1, -0.05) is 29.1 Å². The number of hydrogen-bond acceptors (Lipinski definition) is 1. The lowest BCUT2D eigenvalue weighted by Gasteiger charge is -2.13. The molecule has 1 aliphatic rings. The Kier molecular flexibility index (Phi) is 3.76. The Morgan fingerprint density at radius 2 is 2.25 bits per heavy atom. The first-order valence-electron chi connectivity index (χ1n) is 5.33. The number of hydrogen-bond donors (Lipinski definition) is 1. The highest BCUT2D eigenvalue weighted by Crippen LogP contribution is 2.38. The Morgan fingerprint density at radius 1 is 1.44 bits per heavy atom. The van der Waals surface area contributed by atoms with Crippen molar-refractivity contribution in [1.82, 2.24) is 5.32 Å². The van der Waals surface area contributed by atoms with Crippen molar-refractivity contribution in [2.75, 3.05) is 6.54 Å². The summed E-state index contributed by atoms with van der Waals surface area (Å²) in [6.07, 6.45) is 2.10. The lowest BCUT2D eigenvalue weighted by Crippen LogP contribution is -2.19. The standard InChI is InChI=1S/C13H13Cl2N/c1-2-3-6-16-12-5-4-9-7-10(14)8-11(15)13(9)12/h7-8,12,16H,4-6H2,1H3. The minimum atomic E-state index is 0.320. The highest BCUT2D eigenvalue weighted by atomic mass is 35.5. The monoisotopic (exact) mass is 253 g/mol. The van der Waals surface area contributed by atoms with E-state index in [-0.39, 0.29) is 0 Å². The molecule has 1 aromatic rings. The molecule has 1 unspecified atom stereocenters. The zero-order valence-electron chi connectivity index (χ0n) is 9.11. The Hall–Kier alpha value is -0.680. The molecule has 1 aromatic carbocycles. The van der Waals surface area contributed by atoms with Crippen molar-refractivity contribution >= 4 is 23.2 Å². The number of nitrogens with one attached hydrogen (secondary N) is 1. The molecule has 0 saturated carbocycles. The zero-order chi connectivity index (χ0) is 11.5. The molecule has 2 rings (SSSR count). The second-order valence-electron chi connectivity index (χ2n) is 3.86. The number of benzene rings is 1. The van der Waals surface area contributed by atoms with Gasteiger partial charge < -0.3 is 0 Å². The predicted molar refractivity (Wildman–Crippen MR) is 69.0 cm³/mol. The fourth-order valence-corrected chi connectivity index (χ4v) is 2.81. The number of aryl methyl sites for hydroxylation is 1. The summed E-state index contributed by atoms with van der Waals surface area (Å²) in [5, 5.41) is 4.88. The van der Waals surface area contributed by atoms with E-state index in [4.69, 9.17) is 23.2 Å². The molecular formula is C13H13Cl2N. The minimum absolute atomic E-state index is 0.320. The van der Waals surface area contributed by atoms with Gasteiger partial charge in [0.1, 0.15) is 0 Å². The molecule has 84 valence electrons. The molecule has 0 radical (unpaired) electrons. The maximum absolute atomic E-state index is 6.22. The summed E-state index contributed by atoms with van der Waals surface area (Å²) >= 11 is 12.2. The summed E-state index contributed by atoms with van der Waals surface area (Å²) in [6, 6.07) is 4.14. The van der Waals surface area contributed by atoms with Gasteiger partial charge in [0.05, 0.1) is 6.54 Å². The molecular weight excluding hydrogens is 241 g/mol. The molecule has 0 fully saturated rings. The van der Waals surface area contributed by atoms with Crippen molar-refractivity contribution in [1.29, 1.82) is 0 Å². The van der Waals surface area contributed by atoms with E-state index in [1.54, 1.807) is 0 Å². The maximum Gasteiger partial charge on any atom is 0.0581 e. The van der Waals surface area contributed by atoms with E-state index in [1.807, 2.05) is 19.1 Å². The van der Waals surface area contributed by atoms with Crippen LogP contribution in [0.25, 0.3) is 0 Å². The molecule has 1 nitrogen and oxygen atoms in total. The molecule has 0 amide bonds. The molecule has 0 heterocycles. The SMILES string of the molecule is CC#CCNC1CCc2cc(Cl)cc(Cl)c21. The van der Waals surface area contributed by atoms with Gasteiger partial charge in [0.2, 0.25) is 0 Å². The lowest BCUT2D eigenvalue weighted by molar-refractivity contribution is 0.568. The van der Waals surface area contributed by atoms with E-state index in [0.29, 0.717) is 12.6 Å². The quantitative estimate of drug-likeness (QED) is 0.795. The van der Waals surface area contributed by atoms with Crippen LogP contribution in [0.5, 0.6) is 0 Å². The smallest absolute Gasteiger partial charge is 0.0581 e. The van der Waals surface area contributed by atoms with Gasteiger partial charge in [-0.2, -0.15) is 0 Å². The topological polar surface area (TPSA) is 12.0 Å². The fraction of sp³-hybridized carbons (Fsp3) is 0.385. The van der Waals surface area contributed by atoms with Gasteiger partial charge in [0.15, 0.2) is 0 Å². The van der Waals surface area contributed by atoms with Crippen molar-refractivity contribution in [2.45, 2.75) is 25.8 Å². The zero-order valence-corrected chi connectivity index (χ0v) is 10.6. The van der Waals surface area contributed by atoms with E-state index in [1.165, 1.54) is 11.1 Å². The van der Waals surface area contributed by atoms with E-state index in [0.717, 1.165) is 22.9 Å². The van der Waals surface area contributed by atoms with E-state index in [9.17, 15) is 0 Å². The van der Waals surface area contributed by atoms with Crippen LogP contribution in [-0.2, 0) is 6.42 Å². The molecule has 0 bridgehead atoms. The van der Waals surface area contributed by atoms with Crippen molar-refractivity contribution in [2.24, 2.45) is 0 Å². The molecule has 1 atom stereocenters. The molecule has 1 N–H and O–H groups in total. The molecule has 0 aromatic heterocycles. The first-order chi connectivity index (χ1) is 7.72. The summed E-state index contributed by atoms with van der Waals surface area (Å²) in [7, 11) is 0. The highest BCUT2D eigenvalue weighted by Gasteiger charge is 2.24. The molecule has 3 heteroatoms. The first-order valence-corrected chi connectivity index (χ1v) is 6.08. The van der Waals surface area contributed by atoms with Gasteiger partial charge in [-0.15, -0.1) is 5.92 Å². The summed E-state index contributed by atoms with van der Waals surface area (Å²) in [6.45, 7) is 2.55. The number of rotatable bonds is 2. The summed E-state index contributed by atoms with van der Waals surface area (Å²) in [4.78, 5) is 0. The van der Waals surface area contributed by atoms with E-state index < -0.39 is 0 Å². The van der Waals surface area contributed by atoms with Gasteiger partial charge in [-0.3, -0.25) is 5.32 Å². The van der Waals surface area contributed by atoms with Crippen LogP contribution >= 0.6 is 23.2 Å². The Bertz CT molecular complexity index is 457. The summed E-state index contributed by atoms with van der Waals surface area (Å²) in [5.74, 6) is 5.88. The van der Waals surface area contributed by atoms with Crippen LogP contribution in [0.2, 0.25) is 10.0 Å². The van der Waals surface area contributed by atoms with Crippen LogP contribution in [0.1, 0.15) is 30.5 Å². The largest absolute Gasteiger partial charge is 0.299 e. The average Bonchev–Trinajstić information content (AvgIpc) is 2.62. The molecule has 16 heavy (non-hydrogen) atoms. The van der Waals surface area contributed by atoms with Crippen LogP contribution in [0.3, 0.4) is 0 Å². The Morgan fingerprint density at radius 3 is 3.00 bits per heavy atom. The van der Waals surface area contributed by atoms with E-state index in [2.05, 4.69) is 17.2 Å². The fourth-order valence-electron chi connectivity index (χ4n) is 2.15. The van der Waals surface area contributed by atoms with Crippen LogP contribution in [0, 0.1) is 11.8 Å². The van der Waals surface area contributed by atoms with Gasteiger partial charge in [-0.25, -0.2) is 0 Å². The van der Waals surface area contributed by atoms with Crippen LogP contribution in [-0.4, -0.2) is 6.54 Å². The third kappa shape index (κ3) is 2.35. The number of fused-ring (bicyclic) bond motifs is 1. The van der Waals surface area contributed by atoms with Crippen LogP contribution in [0.4, 0.5) is 0 Å². The average molecular weight is 254 g/mol. The second-order valence-corrected chi connectivity index (χ2v) is 4.70. The van der Waals surface area contributed by atoms with Crippen LogP contribution in [0.15, 0.2) is 12.1 Å². The lowest BCUT2D eigenvalue weighted by atomic mass is 10.1. The molecule has 1 aliphatic carbocycles. The second kappa shape index (κ2) is 5.10. The normalized spacial score (nSPS) is 17.8. The Labute approximate surface area is 106 Å². The highest BCUT2D eigenvalue weighted by molar-refractivity contribution is 6.35. The van der Waals surface area contributed by atoms with Crippen molar-refractivity contribution in [3.05, 3.63) is 33.3 Å².